The lowest BCUT2D eigenvalue weighted by molar-refractivity contribution is 0.294. The third-order valence-electron chi connectivity index (χ3n) is 5.83. The number of amidine groups is 1. The summed E-state index contributed by atoms with van der Waals surface area (Å²) in [6.07, 6.45) is 10.3. The SMILES string of the molecule is C=C/C(=C\C(=C(\C)CC)N(C)C(C)=N/C=C\C)C1=C(C)CC(C)(C)C1C. The van der Waals surface area contributed by atoms with Crippen LogP contribution in [0.15, 0.2) is 64.0 Å². The van der Waals surface area contributed by atoms with E-state index in [0.29, 0.717) is 11.3 Å². The van der Waals surface area contributed by atoms with Gasteiger partial charge in [-0.25, -0.2) is 4.99 Å². The largest absolute Gasteiger partial charge is 0.333 e. The molecule has 0 aromatic carbocycles. The van der Waals surface area contributed by atoms with Gasteiger partial charge in [-0.2, -0.15) is 0 Å². The van der Waals surface area contributed by atoms with Crippen LogP contribution in [0.3, 0.4) is 0 Å². The molecule has 1 atom stereocenters. The van der Waals surface area contributed by atoms with Crippen molar-refractivity contribution in [2.45, 2.75) is 68.2 Å². The Labute approximate surface area is 161 Å². The molecule has 0 fully saturated rings. The van der Waals surface area contributed by atoms with E-state index in [9.17, 15) is 0 Å². The van der Waals surface area contributed by atoms with Gasteiger partial charge < -0.3 is 4.90 Å². The third-order valence-corrected chi connectivity index (χ3v) is 5.83. The van der Waals surface area contributed by atoms with E-state index < -0.39 is 0 Å². The molecule has 0 heterocycles. The average Bonchev–Trinajstić information content (AvgIpc) is 2.80. The molecule has 2 nitrogen and oxygen atoms in total. The molecule has 0 amide bonds. The van der Waals surface area contributed by atoms with E-state index in [1.54, 1.807) is 0 Å². The fourth-order valence-corrected chi connectivity index (χ4v) is 3.71. The number of nitrogens with zero attached hydrogens (tertiary/aromatic N) is 2. The van der Waals surface area contributed by atoms with Gasteiger partial charge in [-0.1, -0.05) is 52.0 Å². The van der Waals surface area contributed by atoms with Gasteiger partial charge in [-0.3, -0.25) is 0 Å². The highest BCUT2D eigenvalue weighted by atomic mass is 15.2. The minimum absolute atomic E-state index is 0.306. The number of rotatable bonds is 6. The van der Waals surface area contributed by atoms with Crippen LogP contribution in [0.4, 0.5) is 0 Å². The summed E-state index contributed by atoms with van der Waals surface area (Å²) in [6.45, 7) is 21.9. The van der Waals surface area contributed by atoms with Crippen molar-refractivity contribution in [2.75, 3.05) is 7.05 Å². The Morgan fingerprint density at radius 2 is 1.96 bits per heavy atom. The highest BCUT2D eigenvalue weighted by Crippen LogP contribution is 2.48. The van der Waals surface area contributed by atoms with E-state index in [1.807, 2.05) is 25.3 Å². The van der Waals surface area contributed by atoms with E-state index in [0.717, 1.165) is 18.7 Å². The lowest BCUT2D eigenvalue weighted by atomic mass is 9.78. The zero-order valence-electron chi connectivity index (χ0n) is 18.4. The van der Waals surface area contributed by atoms with Crippen molar-refractivity contribution in [3.63, 3.8) is 0 Å². The molecule has 1 rings (SSSR count). The standard InChI is InChI=1S/C24H38N2/c1-11-14-25-20(7)26(10)22(17(4)12-2)15-21(13-3)23-18(5)16-24(8,9)19(23)6/h11,13-15,19H,3,12,16H2,1-2,4-10H3/b14-11-,21-15+,22-17+,25-20?. The van der Waals surface area contributed by atoms with Crippen molar-refractivity contribution in [2.24, 2.45) is 16.3 Å². The zero-order chi connectivity index (χ0) is 20.1. The molecule has 26 heavy (non-hydrogen) atoms. The number of allylic oxidation sites excluding steroid dienone is 7. The van der Waals surface area contributed by atoms with Gasteiger partial charge in [0.05, 0.1) is 0 Å². The molecule has 1 aliphatic rings. The molecule has 0 saturated carbocycles. The quantitative estimate of drug-likeness (QED) is 0.283. The summed E-state index contributed by atoms with van der Waals surface area (Å²) >= 11 is 0. The molecule has 144 valence electrons. The van der Waals surface area contributed by atoms with Crippen molar-refractivity contribution in [3.8, 4) is 0 Å². The molecule has 0 radical (unpaired) electrons. The van der Waals surface area contributed by atoms with Gasteiger partial charge in [0.2, 0.25) is 0 Å². The maximum Gasteiger partial charge on any atom is 0.105 e. The van der Waals surface area contributed by atoms with Crippen LogP contribution < -0.4 is 0 Å². The summed E-state index contributed by atoms with van der Waals surface area (Å²) in [5.41, 5.74) is 7.07. The highest BCUT2D eigenvalue weighted by molar-refractivity contribution is 5.82. The first kappa shape index (κ1) is 22.2. The molecule has 1 unspecified atom stereocenters. The van der Waals surface area contributed by atoms with E-state index >= 15 is 0 Å². The monoisotopic (exact) mass is 354 g/mol. The van der Waals surface area contributed by atoms with Crippen LogP contribution in [0.5, 0.6) is 0 Å². The summed E-state index contributed by atoms with van der Waals surface area (Å²) in [5.74, 6) is 1.51. The second-order valence-electron chi connectivity index (χ2n) is 8.12. The number of hydrogen-bond donors (Lipinski definition) is 0. The van der Waals surface area contributed by atoms with Crippen LogP contribution in [-0.2, 0) is 0 Å². The summed E-state index contributed by atoms with van der Waals surface area (Å²) in [4.78, 5) is 6.71. The van der Waals surface area contributed by atoms with Gasteiger partial charge in [-0.15, -0.1) is 0 Å². The Balaban J connectivity index is 3.45. The summed E-state index contributed by atoms with van der Waals surface area (Å²) in [5, 5.41) is 0. The topological polar surface area (TPSA) is 15.6 Å². The normalized spacial score (nSPS) is 22.1. The number of aliphatic imine (C=N–C) groups is 1. The van der Waals surface area contributed by atoms with Gasteiger partial charge in [0.1, 0.15) is 5.84 Å². The second-order valence-corrected chi connectivity index (χ2v) is 8.12. The van der Waals surface area contributed by atoms with Crippen molar-refractivity contribution >= 4 is 5.84 Å². The lowest BCUT2D eigenvalue weighted by Gasteiger charge is -2.27. The Hall–Kier alpha value is -1.83. The van der Waals surface area contributed by atoms with Crippen molar-refractivity contribution in [1.29, 1.82) is 0 Å². The minimum atomic E-state index is 0.306. The van der Waals surface area contributed by atoms with E-state index in [1.165, 1.54) is 28.0 Å². The smallest absolute Gasteiger partial charge is 0.105 e. The van der Waals surface area contributed by atoms with Crippen LogP contribution in [0.2, 0.25) is 0 Å². The van der Waals surface area contributed by atoms with Crippen LogP contribution in [0.1, 0.15) is 68.2 Å². The van der Waals surface area contributed by atoms with Gasteiger partial charge in [0.15, 0.2) is 0 Å². The van der Waals surface area contributed by atoms with Gasteiger partial charge >= 0.3 is 0 Å². The molecule has 0 aliphatic heterocycles. The Morgan fingerprint density at radius 3 is 2.38 bits per heavy atom. The predicted molar refractivity (Wildman–Crippen MR) is 117 cm³/mol. The van der Waals surface area contributed by atoms with Crippen LogP contribution in [0.25, 0.3) is 0 Å². The van der Waals surface area contributed by atoms with Crippen molar-refractivity contribution < 1.29 is 0 Å². The maximum atomic E-state index is 4.52. The fourth-order valence-electron chi connectivity index (χ4n) is 3.71. The molecule has 1 aliphatic carbocycles. The third kappa shape index (κ3) is 4.87. The fraction of sp³-hybridized carbons (Fsp3) is 0.542. The number of likely N-dealkylation sites (N-methyl/N-ethyl adjacent to an activating group) is 1. The van der Waals surface area contributed by atoms with Crippen LogP contribution >= 0.6 is 0 Å². The molecule has 0 bridgehead atoms. The van der Waals surface area contributed by atoms with E-state index in [2.05, 4.69) is 78.1 Å². The predicted octanol–water partition coefficient (Wildman–Crippen LogP) is 7.05. The van der Waals surface area contributed by atoms with Crippen molar-refractivity contribution in [3.05, 3.63) is 59.0 Å². The molecule has 0 saturated heterocycles. The molecule has 2 heteroatoms. The van der Waals surface area contributed by atoms with Gasteiger partial charge in [0, 0.05) is 18.9 Å². The summed E-state index contributed by atoms with van der Waals surface area (Å²) in [6, 6.07) is 0. The molecule has 0 aromatic heterocycles. The number of hydrogen-bond acceptors (Lipinski definition) is 1. The van der Waals surface area contributed by atoms with Crippen molar-refractivity contribution in [1.82, 2.24) is 4.90 Å². The maximum absolute atomic E-state index is 4.52. The summed E-state index contributed by atoms with van der Waals surface area (Å²) in [7, 11) is 2.09. The second kappa shape index (κ2) is 9.21. The molecule has 0 N–H and O–H groups in total. The molecule has 0 spiro atoms. The van der Waals surface area contributed by atoms with Gasteiger partial charge in [0.25, 0.3) is 0 Å². The van der Waals surface area contributed by atoms with E-state index in [4.69, 9.17) is 0 Å². The Morgan fingerprint density at radius 1 is 1.35 bits per heavy atom. The summed E-state index contributed by atoms with van der Waals surface area (Å²) < 4.78 is 0. The highest BCUT2D eigenvalue weighted by Gasteiger charge is 2.36. The van der Waals surface area contributed by atoms with Gasteiger partial charge in [-0.05, 0) is 74.7 Å². The molecule has 0 aromatic rings. The molecular weight excluding hydrogens is 316 g/mol. The van der Waals surface area contributed by atoms with Crippen LogP contribution in [-0.4, -0.2) is 17.8 Å². The Bertz CT molecular complexity index is 681. The first-order valence-electron chi connectivity index (χ1n) is 9.73. The Kier molecular flexibility index (Phi) is 7.87. The first-order valence-corrected chi connectivity index (χ1v) is 9.73. The van der Waals surface area contributed by atoms with E-state index in [-0.39, 0.29) is 0 Å². The zero-order valence-corrected chi connectivity index (χ0v) is 18.4. The lowest BCUT2D eigenvalue weighted by Crippen LogP contribution is -2.24. The molecular formula is C24H38N2. The first-order chi connectivity index (χ1) is 12.1. The average molecular weight is 355 g/mol. The van der Waals surface area contributed by atoms with Crippen LogP contribution in [0, 0.1) is 11.3 Å². The minimum Gasteiger partial charge on any atom is -0.333 e.